The molecule has 0 aromatic carbocycles. The molecule has 0 saturated heterocycles. The molecule has 9 heteroatoms. The van der Waals surface area contributed by atoms with E-state index in [1.807, 2.05) is 21.1 Å². The Morgan fingerprint density at radius 3 is 1.31 bits per heavy atom. The van der Waals surface area contributed by atoms with Crippen molar-refractivity contribution in [3.8, 4) is 0 Å². The molecule has 67 heavy (non-hydrogen) atoms. The molecule has 0 amide bonds. The molecule has 0 rings (SSSR count). The predicted molar refractivity (Wildman–Crippen MR) is 289 cm³/mol. The lowest BCUT2D eigenvalue weighted by Gasteiger charge is -2.24. The number of phosphoric ester groups is 1. The highest BCUT2D eigenvalue weighted by Crippen LogP contribution is 2.43. The van der Waals surface area contributed by atoms with Gasteiger partial charge >= 0.3 is 13.8 Å². The van der Waals surface area contributed by atoms with Crippen molar-refractivity contribution in [3.63, 3.8) is 0 Å². The van der Waals surface area contributed by atoms with Crippen LogP contribution in [0.15, 0.2) is 60.8 Å². The van der Waals surface area contributed by atoms with E-state index in [1.165, 1.54) is 161 Å². The van der Waals surface area contributed by atoms with E-state index in [0.29, 0.717) is 24.1 Å². The normalized spacial score (nSPS) is 13.9. The second kappa shape index (κ2) is 50.6. The summed E-state index contributed by atoms with van der Waals surface area (Å²) in [4.78, 5) is 23.1. The molecule has 8 nitrogen and oxygen atoms in total. The Morgan fingerprint density at radius 2 is 0.866 bits per heavy atom. The van der Waals surface area contributed by atoms with Crippen molar-refractivity contribution in [2.24, 2.45) is 0 Å². The Balaban J connectivity index is 4.10. The zero-order valence-corrected chi connectivity index (χ0v) is 45.5. The van der Waals surface area contributed by atoms with E-state index < -0.39 is 13.9 Å². The van der Waals surface area contributed by atoms with E-state index in [-0.39, 0.29) is 25.8 Å². The van der Waals surface area contributed by atoms with Crippen LogP contribution in [0.5, 0.6) is 0 Å². The van der Waals surface area contributed by atoms with Gasteiger partial charge in [0.05, 0.1) is 34.4 Å². The number of unbranched alkanes of at least 4 members (excludes halogenated alkanes) is 28. The zero-order chi connectivity index (χ0) is 49.0. The van der Waals surface area contributed by atoms with Crippen LogP contribution in [0, 0.1) is 0 Å². The summed E-state index contributed by atoms with van der Waals surface area (Å²) in [6.07, 6.45) is 65.6. The van der Waals surface area contributed by atoms with Gasteiger partial charge in [-0.15, -0.1) is 0 Å². The molecule has 0 heterocycles. The fourth-order valence-corrected chi connectivity index (χ4v) is 8.52. The molecule has 392 valence electrons. The Labute approximate surface area is 415 Å². The third-order valence-electron chi connectivity index (χ3n) is 12.1. The third-order valence-corrected chi connectivity index (χ3v) is 13.0. The molecule has 0 aliphatic rings. The van der Waals surface area contributed by atoms with Crippen LogP contribution in [0.3, 0.4) is 0 Å². The van der Waals surface area contributed by atoms with Crippen molar-refractivity contribution in [2.45, 2.75) is 251 Å². The maximum absolute atomic E-state index is 12.8. The van der Waals surface area contributed by atoms with Crippen molar-refractivity contribution in [1.29, 1.82) is 0 Å². The molecular formula is C58H109NO7P+. The number of likely N-dealkylation sites (N-methyl/N-ethyl adjacent to an activating group) is 1. The van der Waals surface area contributed by atoms with Crippen LogP contribution in [0.25, 0.3) is 0 Å². The molecule has 0 saturated carbocycles. The van der Waals surface area contributed by atoms with Gasteiger partial charge in [0, 0.05) is 13.0 Å². The van der Waals surface area contributed by atoms with Gasteiger partial charge in [-0.3, -0.25) is 13.8 Å². The maximum Gasteiger partial charge on any atom is 0.472 e. The van der Waals surface area contributed by atoms with Gasteiger partial charge < -0.3 is 18.9 Å². The summed E-state index contributed by atoms with van der Waals surface area (Å²) in [7, 11) is 1.66. The van der Waals surface area contributed by atoms with E-state index in [9.17, 15) is 14.3 Å². The Kier molecular flexibility index (Phi) is 49.2. The molecule has 2 unspecified atom stereocenters. The van der Waals surface area contributed by atoms with Crippen LogP contribution in [-0.4, -0.2) is 75.6 Å². The van der Waals surface area contributed by atoms with Crippen molar-refractivity contribution in [1.82, 2.24) is 0 Å². The highest BCUT2D eigenvalue weighted by molar-refractivity contribution is 7.47. The van der Waals surface area contributed by atoms with Crippen LogP contribution >= 0.6 is 7.82 Å². The molecule has 2 atom stereocenters. The first-order valence-electron chi connectivity index (χ1n) is 28.0. The van der Waals surface area contributed by atoms with E-state index in [0.717, 1.165) is 64.2 Å². The van der Waals surface area contributed by atoms with Gasteiger partial charge in [-0.1, -0.05) is 222 Å². The molecular weight excluding hydrogens is 854 g/mol. The smallest absolute Gasteiger partial charge is 0.457 e. The summed E-state index contributed by atoms with van der Waals surface area (Å²) < 4.78 is 35.2. The number of hydrogen-bond acceptors (Lipinski definition) is 6. The summed E-state index contributed by atoms with van der Waals surface area (Å²) in [5, 5.41) is 0. The second-order valence-corrected chi connectivity index (χ2v) is 21.4. The average Bonchev–Trinajstić information content (AvgIpc) is 3.29. The summed E-state index contributed by atoms with van der Waals surface area (Å²) in [5.41, 5.74) is 0. The minimum atomic E-state index is -4.29. The van der Waals surface area contributed by atoms with Gasteiger partial charge in [0.25, 0.3) is 0 Å². The largest absolute Gasteiger partial charge is 0.472 e. The molecule has 0 radical (unpaired) electrons. The van der Waals surface area contributed by atoms with Crippen molar-refractivity contribution < 1.29 is 37.3 Å². The topological polar surface area (TPSA) is 91.3 Å². The molecule has 0 bridgehead atoms. The molecule has 0 spiro atoms. The van der Waals surface area contributed by atoms with E-state index in [2.05, 4.69) is 74.6 Å². The Bertz CT molecular complexity index is 1260. The molecule has 0 fully saturated rings. The van der Waals surface area contributed by atoms with Crippen molar-refractivity contribution >= 4 is 13.8 Å². The van der Waals surface area contributed by atoms with E-state index in [4.69, 9.17) is 18.5 Å². The molecule has 1 N–H and O–H groups in total. The number of quaternary nitrogens is 1. The monoisotopic (exact) mass is 963 g/mol. The third kappa shape index (κ3) is 55.0. The first-order valence-corrected chi connectivity index (χ1v) is 29.5. The lowest BCUT2D eigenvalue weighted by Crippen LogP contribution is -2.37. The molecule has 0 aliphatic heterocycles. The summed E-state index contributed by atoms with van der Waals surface area (Å²) in [5.74, 6) is -0.320. The minimum absolute atomic E-state index is 0.0853. The van der Waals surface area contributed by atoms with E-state index in [1.54, 1.807) is 0 Å². The maximum atomic E-state index is 12.8. The van der Waals surface area contributed by atoms with Crippen LogP contribution < -0.4 is 0 Å². The number of nitrogens with zero attached hydrogens (tertiary/aromatic N) is 1. The highest BCUT2D eigenvalue weighted by Gasteiger charge is 2.26. The second-order valence-electron chi connectivity index (χ2n) is 19.9. The van der Waals surface area contributed by atoms with Gasteiger partial charge in [-0.2, -0.15) is 0 Å². The van der Waals surface area contributed by atoms with Crippen molar-refractivity contribution in [2.75, 3.05) is 54.1 Å². The Hall–Kier alpha value is -1.80. The number of ether oxygens (including phenoxy) is 2. The van der Waals surface area contributed by atoms with Crippen LogP contribution in [0.1, 0.15) is 245 Å². The fraction of sp³-hybridized carbons (Fsp3) is 0.810. The molecule has 0 aromatic heterocycles. The number of carbonyl (C=O) groups is 1. The number of allylic oxidation sites excluding steroid dienone is 10. The summed E-state index contributed by atoms with van der Waals surface area (Å²) in [6, 6.07) is 0. The summed E-state index contributed by atoms with van der Waals surface area (Å²) >= 11 is 0. The number of hydrogen-bond donors (Lipinski definition) is 1. The molecule has 0 aromatic rings. The van der Waals surface area contributed by atoms with Crippen LogP contribution in [0.2, 0.25) is 0 Å². The number of rotatable bonds is 52. The quantitative estimate of drug-likeness (QED) is 0.0213. The summed E-state index contributed by atoms with van der Waals surface area (Å²) in [6.45, 7) is 5.53. The van der Waals surface area contributed by atoms with Gasteiger partial charge in [0.15, 0.2) is 0 Å². The number of esters is 1. The standard InChI is InChI=1S/C58H108NO7P/c1-6-8-10-12-14-16-18-20-22-24-26-28-29-30-32-34-36-38-40-42-44-46-48-50-53-63-55-57(56-65-67(61,62)64-54-52-59(3,4)5)66-58(60)51-49-47-45-43-41-39-37-35-33-31-27-25-23-21-19-17-15-13-11-9-7-2/h9,11,15,17,21,23-24,26-27,31,57H,6-8,10,12-14,16,18-20,22,25,28-30,32-56H2,1-5H3/p+1/b11-9-,17-15-,23-21-,26-24-,31-27-. The van der Waals surface area contributed by atoms with Crippen molar-refractivity contribution in [3.05, 3.63) is 60.8 Å². The van der Waals surface area contributed by atoms with Crippen LogP contribution in [-0.2, 0) is 27.9 Å². The van der Waals surface area contributed by atoms with Gasteiger partial charge in [0.2, 0.25) is 0 Å². The predicted octanol–water partition coefficient (Wildman–Crippen LogP) is 17.6. The molecule has 0 aliphatic carbocycles. The first kappa shape index (κ1) is 65.2. The number of phosphoric acid groups is 1. The zero-order valence-electron chi connectivity index (χ0n) is 44.6. The first-order chi connectivity index (χ1) is 32.6. The van der Waals surface area contributed by atoms with Gasteiger partial charge in [-0.05, 0) is 77.0 Å². The highest BCUT2D eigenvalue weighted by atomic mass is 31.2. The number of carbonyl (C=O) groups excluding carboxylic acids is 1. The Morgan fingerprint density at radius 1 is 0.478 bits per heavy atom. The average molecular weight is 963 g/mol. The van der Waals surface area contributed by atoms with Crippen LogP contribution in [0.4, 0.5) is 0 Å². The SMILES string of the molecule is CC/C=C\C/C=C\C/C=C\C/C=C\CCCCCCCCCCC(=O)OC(COCCCCCCCCCCCCCC/C=C\CCCCCCCCCC)COP(=O)(O)OCC[N+](C)(C)C. The lowest BCUT2D eigenvalue weighted by molar-refractivity contribution is -0.870. The van der Waals surface area contributed by atoms with Gasteiger partial charge in [0.1, 0.15) is 19.3 Å². The fourth-order valence-electron chi connectivity index (χ4n) is 7.78. The lowest BCUT2D eigenvalue weighted by atomic mass is 10.0. The van der Waals surface area contributed by atoms with Gasteiger partial charge in [-0.25, -0.2) is 4.57 Å². The van der Waals surface area contributed by atoms with E-state index >= 15 is 0 Å². The minimum Gasteiger partial charge on any atom is -0.457 e.